The van der Waals surface area contributed by atoms with Crippen molar-refractivity contribution in [3.05, 3.63) is 59.3 Å². The summed E-state index contributed by atoms with van der Waals surface area (Å²) in [6.07, 6.45) is 5.43. The predicted octanol–water partition coefficient (Wildman–Crippen LogP) is 2.61. The molecule has 6 heterocycles. The Kier molecular flexibility index (Phi) is 3.61. The minimum absolute atomic E-state index is 0.204. The number of nitrogens with zero attached hydrogens (tertiary/aromatic N) is 7. The van der Waals surface area contributed by atoms with E-state index in [4.69, 9.17) is 19.2 Å². The lowest BCUT2D eigenvalue weighted by molar-refractivity contribution is 0.171. The molecule has 7 rings (SSSR count). The second-order valence-corrected chi connectivity index (χ2v) is 8.08. The number of nitrogens with one attached hydrogen (secondary N) is 1. The molecule has 0 unspecified atom stereocenters. The molecule has 2 aliphatic rings. The van der Waals surface area contributed by atoms with Crippen molar-refractivity contribution in [2.24, 2.45) is 7.05 Å². The second-order valence-electron chi connectivity index (χ2n) is 8.08. The maximum Gasteiger partial charge on any atom is 0.244 e. The van der Waals surface area contributed by atoms with Gasteiger partial charge in [-0.2, -0.15) is 5.10 Å². The van der Waals surface area contributed by atoms with E-state index in [1.165, 1.54) is 0 Å². The minimum atomic E-state index is -0.204. The van der Waals surface area contributed by atoms with Crippen LogP contribution in [0.2, 0.25) is 0 Å². The van der Waals surface area contributed by atoms with Crippen LogP contribution in [0.1, 0.15) is 28.3 Å². The first-order valence-corrected chi connectivity index (χ1v) is 10.5. The van der Waals surface area contributed by atoms with Gasteiger partial charge in [0.15, 0.2) is 23.0 Å². The largest absolute Gasteiger partial charge is 0.486 e. The normalized spacial score (nSPS) is 16.4. The molecule has 0 saturated heterocycles. The van der Waals surface area contributed by atoms with Gasteiger partial charge in [-0.25, -0.2) is 14.5 Å². The molecular weight excluding hydrogens is 424 g/mol. The molecule has 2 aliphatic heterocycles. The maximum absolute atomic E-state index is 6.06. The predicted molar refractivity (Wildman–Crippen MR) is 115 cm³/mol. The highest BCUT2D eigenvalue weighted by Gasteiger charge is 2.37. The van der Waals surface area contributed by atoms with Crippen molar-refractivity contribution in [1.82, 2.24) is 39.6 Å². The van der Waals surface area contributed by atoms with E-state index < -0.39 is 0 Å². The second kappa shape index (κ2) is 6.55. The van der Waals surface area contributed by atoms with Gasteiger partial charge in [0.2, 0.25) is 11.8 Å². The quantitative estimate of drug-likeness (QED) is 0.435. The lowest BCUT2D eigenvalue weighted by Crippen LogP contribution is -2.15. The molecular formula is C22H18N8O3. The molecule has 4 aromatic heterocycles. The molecule has 5 aromatic rings. The van der Waals surface area contributed by atoms with Crippen LogP contribution in [-0.2, 0) is 7.05 Å². The van der Waals surface area contributed by atoms with E-state index in [0.717, 1.165) is 33.7 Å². The van der Waals surface area contributed by atoms with E-state index in [-0.39, 0.29) is 5.92 Å². The third kappa shape index (κ3) is 2.65. The molecule has 0 saturated carbocycles. The summed E-state index contributed by atoms with van der Waals surface area (Å²) in [5.41, 5.74) is 5.15. The Labute approximate surface area is 187 Å². The van der Waals surface area contributed by atoms with E-state index in [9.17, 15) is 0 Å². The Morgan fingerprint density at radius 2 is 1.97 bits per heavy atom. The zero-order valence-corrected chi connectivity index (χ0v) is 17.8. The molecule has 33 heavy (non-hydrogen) atoms. The van der Waals surface area contributed by atoms with Crippen molar-refractivity contribution in [3.8, 4) is 34.6 Å². The maximum atomic E-state index is 6.06. The van der Waals surface area contributed by atoms with Gasteiger partial charge in [-0.05, 0) is 25.1 Å². The number of aromatic amines is 1. The Hall–Kier alpha value is -4.41. The van der Waals surface area contributed by atoms with E-state index in [1.54, 1.807) is 15.5 Å². The van der Waals surface area contributed by atoms with Crippen molar-refractivity contribution in [2.75, 3.05) is 13.2 Å². The van der Waals surface area contributed by atoms with Gasteiger partial charge in [0.25, 0.3) is 0 Å². The van der Waals surface area contributed by atoms with Crippen LogP contribution in [0, 0.1) is 6.92 Å². The molecule has 164 valence electrons. The van der Waals surface area contributed by atoms with Crippen LogP contribution in [0.5, 0.6) is 23.3 Å². The van der Waals surface area contributed by atoms with Gasteiger partial charge in [-0.1, -0.05) is 0 Å². The van der Waals surface area contributed by atoms with E-state index >= 15 is 0 Å². The molecule has 11 nitrogen and oxygen atoms in total. The monoisotopic (exact) mass is 442 g/mol. The van der Waals surface area contributed by atoms with Crippen LogP contribution in [0.3, 0.4) is 0 Å². The van der Waals surface area contributed by atoms with Crippen molar-refractivity contribution in [2.45, 2.75) is 12.8 Å². The average molecular weight is 442 g/mol. The number of H-pyrrole nitrogens is 1. The fourth-order valence-corrected chi connectivity index (χ4v) is 4.49. The summed E-state index contributed by atoms with van der Waals surface area (Å²) in [6, 6.07) is 5.71. The van der Waals surface area contributed by atoms with Crippen molar-refractivity contribution in [3.63, 3.8) is 0 Å². The van der Waals surface area contributed by atoms with Gasteiger partial charge in [-0.15, -0.1) is 10.2 Å². The van der Waals surface area contributed by atoms with Crippen LogP contribution in [0.15, 0.2) is 36.9 Å². The zero-order valence-electron chi connectivity index (χ0n) is 17.8. The summed E-state index contributed by atoms with van der Waals surface area (Å²) in [6.45, 7) is 3.03. The van der Waals surface area contributed by atoms with Gasteiger partial charge in [0, 0.05) is 35.6 Å². The number of hydrogen-bond donors (Lipinski definition) is 1. The molecule has 1 aromatic carbocycles. The van der Waals surface area contributed by atoms with Crippen LogP contribution >= 0.6 is 0 Å². The van der Waals surface area contributed by atoms with E-state index in [1.807, 2.05) is 44.6 Å². The number of aromatic nitrogens is 8. The fraction of sp³-hybridized carbons (Fsp3) is 0.227. The summed E-state index contributed by atoms with van der Waals surface area (Å²) in [4.78, 5) is 9.42. The molecule has 1 atom stereocenters. The van der Waals surface area contributed by atoms with Crippen LogP contribution < -0.4 is 14.2 Å². The zero-order chi connectivity index (χ0) is 22.1. The smallest absolute Gasteiger partial charge is 0.244 e. The minimum Gasteiger partial charge on any atom is -0.486 e. The number of benzene rings is 1. The molecule has 1 N–H and O–H groups in total. The Morgan fingerprint density at radius 1 is 1.09 bits per heavy atom. The molecule has 11 heteroatoms. The number of rotatable bonds is 2. The summed E-state index contributed by atoms with van der Waals surface area (Å²) in [5, 5.41) is 16.4. The third-order valence-corrected chi connectivity index (χ3v) is 5.98. The lowest BCUT2D eigenvalue weighted by Gasteiger charge is -2.24. The summed E-state index contributed by atoms with van der Waals surface area (Å²) in [7, 11) is 1.89. The van der Waals surface area contributed by atoms with Crippen molar-refractivity contribution >= 4 is 5.65 Å². The number of aryl methyl sites for hydroxylation is 2. The van der Waals surface area contributed by atoms with Gasteiger partial charge in [0.05, 0.1) is 17.7 Å². The molecule has 0 spiro atoms. The average Bonchev–Trinajstić information content (AvgIpc) is 3.56. The van der Waals surface area contributed by atoms with Crippen LogP contribution in [-0.4, -0.2) is 52.8 Å². The van der Waals surface area contributed by atoms with Gasteiger partial charge in [0.1, 0.15) is 19.5 Å². The van der Waals surface area contributed by atoms with Gasteiger partial charge >= 0.3 is 0 Å². The van der Waals surface area contributed by atoms with Crippen molar-refractivity contribution < 1.29 is 14.2 Å². The first-order chi connectivity index (χ1) is 16.2. The molecule has 0 radical (unpaired) electrons. The topological polar surface area (TPSA) is 117 Å². The summed E-state index contributed by atoms with van der Waals surface area (Å²) in [5.74, 6) is 2.73. The molecule has 0 bridgehead atoms. The molecule has 0 amide bonds. The highest BCUT2D eigenvalue weighted by atomic mass is 16.6. The van der Waals surface area contributed by atoms with E-state index in [2.05, 4.69) is 25.4 Å². The standard InChI is InChI=1S/C22H18N8O3/c1-11-16-17(13-8-24-29(2)9-13)18-20-25-19(12-3-4-14-15(7-12)32-6-5-31-14)28-30(20)10-23-21(18)33-22(16)27-26-11/h3-4,7-10,17H,5-6H2,1-2H3,(H,26,27)/t17-/m0/s1. The van der Waals surface area contributed by atoms with Crippen LogP contribution in [0.25, 0.3) is 17.0 Å². The fourth-order valence-electron chi connectivity index (χ4n) is 4.49. The summed E-state index contributed by atoms with van der Waals surface area (Å²) >= 11 is 0. The number of fused-ring (bicyclic) bond motifs is 5. The SMILES string of the molecule is Cc1[nH]nc2c1[C@H](c1cnn(C)c1)c1c(ncn3nc(-c4ccc5c(c4)OCCO5)nc13)O2. The molecule has 0 aliphatic carbocycles. The Bertz CT molecular complexity index is 1550. The van der Waals surface area contributed by atoms with Gasteiger partial charge < -0.3 is 14.2 Å². The number of ether oxygens (including phenoxy) is 3. The lowest BCUT2D eigenvalue weighted by atomic mass is 9.86. The first kappa shape index (κ1) is 18.2. The highest BCUT2D eigenvalue weighted by Crippen LogP contribution is 2.48. The van der Waals surface area contributed by atoms with Gasteiger partial charge in [-0.3, -0.25) is 9.78 Å². The summed E-state index contributed by atoms with van der Waals surface area (Å²) < 4.78 is 20.9. The van der Waals surface area contributed by atoms with E-state index in [0.29, 0.717) is 42.2 Å². The third-order valence-electron chi connectivity index (χ3n) is 5.98. The number of hydrogen-bond acceptors (Lipinski definition) is 8. The van der Waals surface area contributed by atoms with Crippen molar-refractivity contribution in [1.29, 1.82) is 0 Å². The molecule has 0 fully saturated rings. The Balaban J connectivity index is 1.43. The first-order valence-electron chi connectivity index (χ1n) is 10.5. The van der Waals surface area contributed by atoms with Crippen LogP contribution in [0.4, 0.5) is 0 Å². The Morgan fingerprint density at radius 3 is 2.82 bits per heavy atom. The highest BCUT2D eigenvalue weighted by molar-refractivity contribution is 5.69.